The largest absolute Gasteiger partial charge is 0.475 e. The fraction of sp³-hybridized carbons (Fsp3) is 0.341. The summed E-state index contributed by atoms with van der Waals surface area (Å²) in [5.74, 6) is 0.272. The van der Waals surface area contributed by atoms with E-state index in [4.69, 9.17) is 23.7 Å². The van der Waals surface area contributed by atoms with Crippen molar-refractivity contribution in [3.8, 4) is 0 Å². The zero-order valence-electron chi connectivity index (χ0n) is 33.0. The summed E-state index contributed by atoms with van der Waals surface area (Å²) in [6.07, 6.45) is 0.286. The van der Waals surface area contributed by atoms with Gasteiger partial charge in [-0.15, -0.1) is 0 Å². The second kappa shape index (κ2) is 17.1. The predicted molar refractivity (Wildman–Crippen MR) is 220 cm³/mol. The summed E-state index contributed by atoms with van der Waals surface area (Å²) in [7, 11) is -4.14. The van der Waals surface area contributed by atoms with Crippen LogP contribution in [0.1, 0.15) is 89.8 Å². The van der Waals surface area contributed by atoms with Gasteiger partial charge in [-0.25, -0.2) is 24.3 Å². The lowest BCUT2D eigenvalue weighted by Crippen LogP contribution is -2.47. The average Bonchev–Trinajstić information content (AvgIpc) is 3.11. The first-order valence-corrected chi connectivity index (χ1v) is 20.3. The molecule has 2 aromatic heterocycles. The number of benzene rings is 3. The van der Waals surface area contributed by atoms with E-state index in [9.17, 15) is 14.2 Å². The molecule has 0 radical (unpaired) electrons. The van der Waals surface area contributed by atoms with E-state index < -0.39 is 36.6 Å². The number of rotatable bonds is 14. The standard InChI is InChI=1S/C41H49N6O7PS/c1-26(2)32-21-20-31-35(45-32)42-25-43-36(31)46-33-23-27(15-22-34(33)56-30-18-16-29(17-19-30)44-38(49)50)37(48)47-41(9,28-13-11-10-12-14-28)24-52-55(51,53-39(3,4)5)54-40(6,7)8/h10-23,25-26,44H,24H2,1-9H3,(H,47,48)(H,49,50)(H,42,43,45,46). The van der Waals surface area contributed by atoms with Gasteiger partial charge in [-0.05, 0) is 115 Å². The van der Waals surface area contributed by atoms with E-state index in [1.807, 2.05) is 48.5 Å². The van der Waals surface area contributed by atoms with Crippen molar-refractivity contribution in [1.29, 1.82) is 0 Å². The Hall–Kier alpha value is -4.85. The molecule has 2 heterocycles. The molecule has 56 heavy (non-hydrogen) atoms. The fourth-order valence-electron chi connectivity index (χ4n) is 5.49. The number of pyridine rings is 1. The number of carboxylic acid groups (broad SMARTS) is 1. The van der Waals surface area contributed by atoms with E-state index in [1.54, 1.807) is 84.9 Å². The second-order valence-electron chi connectivity index (χ2n) is 15.7. The number of phosphoric acid groups is 1. The Balaban J connectivity index is 1.51. The smallest absolute Gasteiger partial charge is 0.465 e. The molecule has 0 spiro atoms. The number of nitrogens with zero attached hydrogens (tertiary/aromatic N) is 3. The zero-order chi connectivity index (χ0) is 40.9. The van der Waals surface area contributed by atoms with Gasteiger partial charge in [-0.2, -0.15) is 0 Å². The number of amides is 2. The fourth-order valence-corrected chi connectivity index (χ4v) is 8.27. The highest BCUT2D eigenvalue weighted by Gasteiger charge is 2.40. The van der Waals surface area contributed by atoms with Crippen LogP contribution in [0, 0.1) is 0 Å². The molecule has 5 rings (SSSR count). The molecule has 0 bridgehead atoms. The normalized spacial score (nSPS) is 13.3. The van der Waals surface area contributed by atoms with Crippen LogP contribution in [0.15, 0.2) is 101 Å². The summed E-state index contributed by atoms with van der Waals surface area (Å²) in [4.78, 5) is 40.7. The third kappa shape index (κ3) is 11.6. The van der Waals surface area contributed by atoms with Crippen LogP contribution < -0.4 is 16.0 Å². The summed E-state index contributed by atoms with van der Waals surface area (Å²) < 4.78 is 31.8. The lowest BCUT2D eigenvalue weighted by Gasteiger charge is -2.35. The number of anilines is 3. The summed E-state index contributed by atoms with van der Waals surface area (Å²) in [5.41, 5.74) is 0.566. The third-order valence-electron chi connectivity index (χ3n) is 8.02. The molecule has 0 aliphatic heterocycles. The van der Waals surface area contributed by atoms with Crippen molar-refractivity contribution in [2.24, 2.45) is 0 Å². The Labute approximate surface area is 332 Å². The van der Waals surface area contributed by atoms with E-state index in [1.165, 1.54) is 18.1 Å². The maximum absolute atomic E-state index is 14.3. The maximum Gasteiger partial charge on any atom is 0.475 e. The van der Waals surface area contributed by atoms with E-state index in [2.05, 4.69) is 39.8 Å². The van der Waals surface area contributed by atoms with Gasteiger partial charge in [0.1, 0.15) is 12.1 Å². The SMILES string of the molecule is CC(C)c1ccc2c(Nc3cc(C(=O)NC(C)(COP(=O)(OC(C)(C)C)OC(C)(C)C)c4ccccc4)ccc3Sc3ccc(NC(=O)O)cc3)ncnc2n1. The number of phosphoric ester groups is 1. The van der Waals surface area contributed by atoms with Gasteiger partial charge < -0.3 is 15.7 Å². The molecule has 0 saturated carbocycles. The van der Waals surface area contributed by atoms with Crippen molar-refractivity contribution >= 4 is 59.8 Å². The molecule has 2 amide bonds. The Bertz CT molecular complexity index is 2210. The number of hydrogen-bond acceptors (Lipinski definition) is 11. The van der Waals surface area contributed by atoms with Crippen LogP contribution in [0.25, 0.3) is 11.0 Å². The van der Waals surface area contributed by atoms with E-state index in [-0.39, 0.29) is 12.5 Å². The second-order valence-corrected chi connectivity index (χ2v) is 18.3. The van der Waals surface area contributed by atoms with Crippen molar-refractivity contribution < 1.29 is 32.8 Å². The molecule has 5 aromatic rings. The van der Waals surface area contributed by atoms with Crippen LogP contribution in [0.2, 0.25) is 0 Å². The molecule has 0 fully saturated rings. The quantitative estimate of drug-likeness (QED) is 0.0784. The number of hydrogen-bond donors (Lipinski definition) is 4. The molecule has 0 saturated heterocycles. The average molecular weight is 801 g/mol. The molecule has 0 aliphatic carbocycles. The molecule has 0 aliphatic rings. The van der Waals surface area contributed by atoms with E-state index in [0.717, 1.165) is 15.5 Å². The lowest BCUT2D eigenvalue weighted by molar-refractivity contribution is -0.00469. The number of carbonyl (C=O) groups is 2. The molecule has 1 atom stereocenters. The van der Waals surface area contributed by atoms with Gasteiger partial charge in [0.05, 0.1) is 34.4 Å². The van der Waals surface area contributed by atoms with Gasteiger partial charge in [0.15, 0.2) is 5.65 Å². The molecular weight excluding hydrogens is 752 g/mol. The van der Waals surface area contributed by atoms with E-state index in [0.29, 0.717) is 39.4 Å². The Morgan fingerprint density at radius 3 is 2.12 bits per heavy atom. The summed E-state index contributed by atoms with van der Waals surface area (Å²) in [6, 6.07) is 25.3. The van der Waals surface area contributed by atoms with Crippen LogP contribution in [0.5, 0.6) is 0 Å². The molecule has 3 aromatic carbocycles. The monoisotopic (exact) mass is 800 g/mol. The Morgan fingerprint density at radius 2 is 1.52 bits per heavy atom. The lowest BCUT2D eigenvalue weighted by atomic mass is 9.92. The van der Waals surface area contributed by atoms with Crippen LogP contribution in [-0.4, -0.2) is 49.9 Å². The number of nitrogens with one attached hydrogen (secondary N) is 3. The highest BCUT2D eigenvalue weighted by Crippen LogP contribution is 2.56. The molecule has 1 unspecified atom stereocenters. The van der Waals surface area contributed by atoms with Crippen LogP contribution in [0.4, 0.5) is 22.0 Å². The van der Waals surface area contributed by atoms with Gasteiger partial charge in [0.25, 0.3) is 5.91 Å². The summed E-state index contributed by atoms with van der Waals surface area (Å²) >= 11 is 1.42. The minimum Gasteiger partial charge on any atom is -0.465 e. The summed E-state index contributed by atoms with van der Waals surface area (Å²) in [6.45, 7) is 16.2. The predicted octanol–water partition coefficient (Wildman–Crippen LogP) is 10.5. The first-order chi connectivity index (χ1) is 26.2. The highest BCUT2D eigenvalue weighted by molar-refractivity contribution is 7.99. The molecule has 4 N–H and O–H groups in total. The minimum atomic E-state index is -4.14. The van der Waals surface area contributed by atoms with Crippen LogP contribution >= 0.6 is 19.6 Å². The van der Waals surface area contributed by atoms with Gasteiger partial charge >= 0.3 is 13.9 Å². The topological polar surface area (TPSA) is 174 Å². The number of aromatic nitrogens is 3. The molecule has 296 valence electrons. The van der Waals surface area contributed by atoms with Crippen LogP contribution in [-0.2, 0) is 23.7 Å². The van der Waals surface area contributed by atoms with Crippen molar-refractivity contribution in [2.45, 2.75) is 94.8 Å². The zero-order valence-corrected chi connectivity index (χ0v) is 34.7. The number of fused-ring (bicyclic) bond motifs is 1. The van der Waals surface area contributed by atoms with Gasteiger partial charge in [-0.3, -0.25) is 23.7 Å². The van der Waals surface area contributed by atoms with E-state index >= 15 is 0 Å². The summed E-state index contributed by atoms with van der Waals surface area (Å²) in [5, 5.41) is 18.7. The van der Waals surface area contributed by atoms with Crippen molar-refractivity contribution in [3.63, 3.8) is 0 Å². The van der Waals surface area contributed by atoms with Crippen molar-refractivity contribution in [2.75, 3.05) is 17.2 Å². The maximum atomic E-state index is 14.3. The first-order valence-electron chi connectivity index (χ1n) is 18.1. The van der Waals surface area contributed by atoms with Crippen molar-refractivity contribution in [1.82, 2.24) is 20.3 Å². The first kappa shape index (κ1) is 42.3. The molecular formula is C41H49N6O7PS. The Kier molecular flexibility index (Phi) is 12.9. The highest BCUT2D eigenvalue weighted by atomic mass is 32.2. The Morgan fingerprint density at radius 1 is 0.857 bits per heavy atom. The molecule has 15 heteroatoms. The van der Waals surface area contributed by atoms with Crippen molar-refractivity contribution in [3.05, 3.63) is 108 Å². The number of carbonyl (C=O) groups excluding carboxylic acids is 1. The van der Waals surface area contributed by atoms with Gasteiger partial charge in [0, 0.05) is 26.7 Å². The third-order valence-corrected chi connectivity index (χ3v) is 11.1. The van der Waals surface area contributed by atoms with Gasteiger partial charge in [-0.1, -0.05) is 55.9 Å². The van der Waals surface area contributed by atoms with Gasteiger partial charge in [0.2, 0.25) is 0 Å². The van der Waals surface area contributed by atoms with Crippen LogP contribution in [0.3, 0.4) is 0 Å². The molecule has 13 nitrogen and oxygen atoms in total. The minimum absolute atomic E-state index is 0.206.